The highest BCUT2D eigenvalue weighted by Crippen LogP contribution is 2.18. The van der Waals surface area contributed by atoms with Crippen LogP contribution in [0.2, 0.25) is 0 Å². The summed E-state index contributed by atoms with van der Waals surface area (Å²) in [5.41, 5.74) is 7.28. The SMILES string of the molecule is Cc1cc(=O)oc2cc(N)ccc12.O=C(O)N(O)N1C(=O)CCC1=O. The van der Waals surface area contributed by atoms with Gasteiger partial charge in [-0.05, 0) is 24.6 Å². The lowest BCUT2D eigenvalue weighted by atomic mass is 10.1. The van der Waals surface area contributed by atoms with Gasteiger partial charge >= 0.3 is 11.7 Å². The minimum absolute atomic E-state index is 0.0663. The smallest absolute Gasteiger partial charge is 0.452 e. The van der Waals surface area contributed by atoms with Gasteiger partial charge in [0.15, 0.2) is 0 Å². The molecule has 0 atom stereocenters. The Morgan fingerprint density at radius 2 is 1.80 bits per heavy atom. The molecule has 1 aromatic carbocycles. The first-order valence-electron chi connectivity index (χ1n) is 7.08. The first-order valence-corrected chi connectivity index (χ1v) is 7.08. The van der Waals surface area contributed by atoms with Gasteiger partial charge in [-0.2, -0.15) is 5.01 Å². The van der Waals surface area contributed by atoms with E-state index in [4.69, 9.17) is 20.5 Å². The highest BCUT2D eigenvalue weighted by molar-refractivity contribution is 6.02. The van der Waals surface area contributed by atoms with Crippen LogP contribution in [0.5, 0.6) is 0 Å². The van der Waals surface area contributed by atoms with E-state index in [-0.39, 0.29) is 23.5 Å². The van der Waals surface area contributed by atoms with E-state index in [1.54, 1.807) is 12.1 Å². The van der Waals surface area contributed by atoms with Crippen molar-refractivity contribution in [3.8, 4) is 0 Å². The molecule has 132 valence electrons. The number of nitrogens with zero attached hydrogens (tertiary/aromatic N) is 2. The maximum atomic E-state index is 11.0. The molecule has 4 N–H and O–H groups in total. The molecule has 3 rings (SSSR count). The number of nitrogens with two attached hydrogens (primary N) is 1. The molecule has 2 heterocycles. The largest absolute Gasteiger partial charge is 0.462 e. The Morgan fingerprint density at radius 1 is 1.20 bits per heavy atom. The fourth-order valence-electron chi connectivity index (χ4n) is 2.20. The quantitative estimate of drug-likeness (QED) is 0.227. The summed E-state index contributed by atoms with van der Waals surface area (Å²) < 4.78 is 4.99. The van der Waals surface area contributed by atoms with E-state index in [0.29, 0.717) is 11.3 Å². The Labute approximate surface area is 140 Å². The summed E-state index contributed by atoms with van der Waals surface area (Å²) >= 11 is 0. The average molecular weight is 349 g/mol. The molecule has 1 saturated heterocycles. The third-order valence-corrected chi connectivity index (χ3v) is 3.36. The van der Waals surface area contributed by atoms with Crippen molar-refractivity contribution in [1.29, 1.82) is 0 Å². The van der Waals surface area contributed by atoms with Gasteiger partial charge in [-0.15, -0.1) is 0 Å². The van der Waals surface area contributed by atoms with Crippen LogP contribution in [0.3, 0.4) is 0 Å². The van der Waals surface area contributed by atoms with Crippen molar-refractivity contribution in [1.82, 2.24) is 10.2 Å². The second kappa shape index (κ2) is 7.01. The third-order valence-electron chi connectivity index (χ3n) is 3.36. The van der Waals surface area contributed by atoms with Crippen molar-refractivity contribution in [3.63, 3.8) is 0 Å². The molecule has 1 aromatic heterocycles. The van der Waals surface area contributed by atoms with Gasteiger partial charge < -0.3 is 15.3 Å². The number of benzene rings is 1. The van der Waals surface area contributed by atoms with E-state index in [9.17, 15) is 19.2 Å². The Kier molecular flexibility index (Phi) is 5.03. The zero-order valence-electron chi connectivity index (χ0n) is 13.1. The molecule has 3 amide bonds. The number of amides is 3. The number of nitrogen functional groups attached to an aromatic ring is 1. The number of hydrogen-bond acceptors (Lipinski definition) is 7. The molecule has 0 aliphatic carbocycles. The number of hydrogen-bond donors (Lipinski definition) is 3. The van der Waals surface area contributed by atoms with Crippen LogP contribution in [-0.4, -0.2) is 38.4 Å². The molecule has 1 aliphatic heterocycles. The number of hydrazine groups is 1. The van der Waals surface area contributed by atoms with Crippen LogP contribution in [-0.2, 0) is 9.59 Å². The van der Waals surface area contributed by atoms with Crippen LogP contribution in [0.1, 0.15) is 18.4 Å². The van der Waals surface area contributed by atoms with Crippen molar-refractivity contribution in [2.24, 2.45) is 0 Å². The number of fused-ring (bicyclic) bond motifs is 1. The maximum absolute atomic E-state index is 11.0. The molecule has 0 unspecified atom stereocenters. The number of carbonyl (C=O) groups excluding carboxylic acids is 2. The van der Waals surface area contributed by atoms with E-state index < -0.39 is 23.1 Å². The molecule has 1 aliphatic rings. The first-order chi connectivity index (χ1) is 11.7. The first kappa shape index (κ1) is 17.9. The zero-order chi connectivity index (χ0) is 18.7. The molecule has 0 bridgehead atoms. The molecule has 1 fully saturated rings. The Morgan fingerprint density at radius 3 is 2.36 bits per heavy atom. The van der Waals surface area contributed by atoms with Crippen LogP contribution in [0.15, 0.2) is 33.5 Å². The highest BCUT2D eigenvalue weighted by atomic mass is 16.6. The Hall–Kier alpha value is -3.40. The molecule has 10 nitrogen and oxygen atoms in total. The van der Waals surface area contributed by atoms with E-state index in [1.165, 1.54) is 6.07 Å². The molecule has 0 radical (unpaired) electrons. The van der Waals surface area contributed by atoms with E-state index in [1.807, 2.05) is 13.0 Å². The second-order valence-electron chi connectivity index (χ2n) is 5.18. The summed E-state index contributed by atoms with van der Waals surface area (Å²) in [6.07, 6.45) is -1.90. The van der Waals surface area contributed by atoms with Gasteiger partial charge in [-0.1, -0.05) is 5.17 Å². The highest BCUT2D eigenvalue weighted by Gasteiger charge is 2.36. The summed E-state index contributed by atoms with van der Waals surface area (Å²) in [4.78, 5) is 42.7. The monoisotopic (exact) mass is 349 g/mol. The molecule has 0 spiro atoms. The van der Waals surface area contributed by atoms with Crippen molar-refractivity contribution < 1.29 is 29.1 Å². The van der Waals surface area contributed by atoms with Gasteiger partial charge in [-0.3, -0.25) is 14.8 Å². The summed E-state index contributed by atoms with van der Waals surface area (Å²) in [5, 5.41) is 17.6. The van der Waals surface area contributed by atoms with Gasteiger partial charge in [0.1, 0.15) is 5.58 Å². The van der Waals surface area contributed by atoms with Gasteiger partial charge in [0.25, 0.3) is 11.8 Å². The predicted molar refractivity (Wildman–Crippen MR) is 84.4 cm³/mol. The topological polar surface area (TPSA) is 154 Å². The third kappa shape index (κ3) is 3.93. The van der Waals surface area contributed by atoms with Crippen molar-refractivity contribution in [3.05, 3.63) is 40.2 Å². The minimum Gasteiger partial charge on any atom is -0.462 e. The number of aryl methyl sites for hydroxylation is 1. The summed E-state index contributed by atoms with van der Waals surface area (Å²) in [6, 6.07) is 6.76. The van der Waals surface area contributed by atoms with E-state index in [0.717, 1.165) is 10.9 Å². The van der Waals surface area contributed by atoms with Crippen molar-refractivity contribution in [2.75, 3.05) is 5.73 Å². The number of rotatable bonds is 1. The van der Waals surface area contributed by atoms with Crippen LogP contribution in [0.4, 0.5) is 10.5 Å². The Balaban J connectivity index is 0.000000181. The standard InChI is InChI=1S/C10H9NO2.C5H6N2O5/c1-6-4-10(12)13-9-5-7(11)2-3-8(6)9;8-3-1-2-4(9)6(3)7(12)5(10)11/h2-5H,11H2,1H3;12H,1-2H2,(H,10,11). The lowest BCUT2D eigenvalue weighted by Crippen LogP contribution is -2.46. The summed E-state index contributed by atoms with van der Waals surface area (Å²) in [7, 11) is 0. The number of hydroxylamine groups is 1. The lowest BCUT2D eigenvalue weighted by Gasteiger charge is -2.19. The fraction of sp³-hybridized carbons (Fsp3) is 0.200. The van der Waals surface area contributed by atoms with Crippen molar-refractivity contribution in [2.45, 2.75) is 19.8 Å². The number of carboxylic acid groups (broad SMARTS) is 1. The van der Waals surface area contributed by atoms with E-state index >= 15 is 0 Å². The predicted octanol–water partition coefficient (Wildman–Crippen LogP) is 1.10. The van der Waals surface area contributed by atoms with Gasteiger partial charge in [0, 0.05) is 36.0 Å². The summed E-state index contributed by atoms with van der Waals surface area (Å²) in [6.45, 7) is 1.87. The van der Waals surface area contributed by atoms with Crippen molar-refractivity contribution >= 4 is 34.6 Å². The van der Waals surface area contributed by atoms with E-state index in [2.05, 4.69) is 0 Å². The van der Waals surface area contributed by atoms with Gasteiger partial charge in [-0.25, -0.2) is 9.59 Å². The fourth-order valence-corrected chi connectivity index (χ4v) is 2.20. The van der Waals surface area contributed by atoms with Crippen LogP contribution in [0.25, 0.3) is 11.0 Å². The Bertz CT molecular complexity index is 890. The molecule has 25 heavy (non-hydrogen) atoms. The minimum atomic E-state index is -1.77. The molecule has 2 aromatic rings. The molecular formula is C15H15N3O7. The van der Waals surface area contributed by atoms with Gasteiger partial charge in [0.05, 0.1) is 0 Å². The van der Waals surface area contributed by atoms with Crippen LogP contribution < -0.4 is 11.4 Å². The average Bonchev–Trinajstić information content (AvgIpc) is 2.85. The molecule has 10 heteroatoms. The summed E-state index contributed by atoms with van der Waals surface area (Å²) in [5.74, 6) is -1.44. The number of imide groups is 1. The lowest BCUT2D eigenvalue weighted by molar-refractivity contribution is -0.209. The molecular weight excluding hydrogens is 334 g/mol. The number of anilines is 1. The van der Waals surface area contributed by atoms with Crippen LogP contribution in [0, 0.1) is 6.92 Å². The maximum Gasteiger partial charge on any atom is 0.452 e. The zero-order valence-corrected chi connectivity index (χ0v) is 13.1. The van der Waals surface area contributed by atoms with Crippen LogP contribution >= 0.6 is 0 Å². The number of carbonyl (C=O) groups is 3. The molecule has 0 saturated carbocycles. The second-order valence-corrected chi connectivity index (χ2v) is 5.18. The van der Waals surface area contributed by atoms with Gasteiger partial charge in [0.2, 0.25) is 0 Å². The normalized spacial score (nSPS) is 13.6.